The van der Waals surface area contributed by atoms with Crippen LogP contribution in [0.5, 0.6) is 5.75 Å². The first kappa shape index (κ1) is 20.9. The Balaban J connectivity index is 1.78. The second kappa shape index (κ2) is 9.09. The third-order valence-electron chi connectivity index (χ3n) is 4.24. The van der Waals surface area contributed by atoms with Crippen LogP contribution < -0.4 is 20.3 Å². The lowest BCUT2D eigenvalue weighted by Crippen LogP contribution is -2.43. The van der Waals surface area contributed by atoms with Crippen LogP contribution in [-0.2, 0) is 4.74 Å². The molecule has 3 rings (SSSR count). The number of ether oxygens (including phenoxy) is 2. The third kappa shape index (κ3) is 5.80. The number of urea groups is 1. The molecular weight excluding hydrogens is 370 g/mol. The van der Waals surface area contributed by atoms with Crippen LogP contribution in [0.15, 0.2) is 30.5 Å². The molecule has 156 valence electrons. The van der Waals surface area contributed by atoms with E-state index < -0.39 is 0 Å². The molecule has 0 spiro atoms. The third-order valence-corrected chi connectivity index (χ3v) is 4.24. The number of anilines is 2. The molecule has 0 unspecified atom stereocenters. The molecule has 2 amide bonds. The summed E-state index contributed by atoms with van der Waals surface area (Å²) in [6.07, 6.45) is 1.72. The minimum atomic E-state index is -0.296. The smallest absolute Gasteiger partial charge is 0.319 e. The van der Waals surface area contributed by atoms with E-state index in [4.69, 9.17) is 14.5 Å². The van der Waals surface area contributed by atoms with Gasteiger partial charge in [-0.15, -0.1) is 0 Å². The largest absolute Gasteiger partial charge is 0.488 e. The molecule has 1 aliphatic rings. The van der Waals surface area contributed by atoms with Crippen molar-refractivity contribution in [3.63, 3.8) is 0 Å². The van der Waals surface area contributed by atoms with Crippen LogP contribution in [0.4, 0.5) is 16.3 Å². The number of morpholine rings is 1. The van der Waals surface area contributed by atoms with Crippen LogP contribution >= 0.6 is 0 Å². The van der Waals surface area contributed by atoms with Crippen molar-refractivity contribution in [1.29, 1.82) is 0 Å². The SMILES string of the molecule is CCOc1cnc(-c2ccc(NC(=O)NC(C)(C)C)cc2)nc1N1CCOCC1. The molecule has 0 aliphatic carbocycles. The number of nitrogens with one attached hydrogen (secondary N) is 2. The normalized spacial score (nSPS) is 14.4. The van der Waals surface area contributed by atoms with Gasteiger partial charge in [-0.25, -0.2) is 14.8 Å². The van der Waals surface area contributed by atoms with Gasteiger partial charge >= 0.3 is 6.03 Å². The monoisotopic (exact) mass is 399 g/mol. The van der Waals surface area contributed by atoms with Crippen LogP contribution in [0.1, 0.15) is 27.7 Å². The highest BCUT2D eigenvalue weighted by Gasteiger charge is 2.19. The van der Waals surface area contributed by atoms with E-state index in [1.54, 1.807) is 6.20 Å². The Kier molecular flexibility index (Phi) is 6.53. The molecule has 1 fully saturated rings. The maximum absolute atomic E-state index is 12.0. The summed E-state index contributed by atoms with van der Waals surface area (Å²) in [6.45, 7) is 11.2. The molecule has 2 N–H and O–H groups in total. The van der Waals surface area contributed by atoms with Gasteiger partial charge in [-0.05, 0) is 52.0 Å². The fraction of sp³-hybridized carbons (Fsp3) is 0.476. The second-order valence-corrected chi connectivity index (χ2v) is 7.82. The molecule has 8 heteroatoms. The summed E-state index contributed by atoms with van der Waals surface area (Å²) in [7, 11) is 0. The number of benzene rings is 1. The maximum Gasteiger partial charge on any atom is 0.319 e. The molecule has 1 aromatic heterocycles. The number of hydrogen-bond acceptors (Lipinski definition) is 6. The summed E-state index contributed by atoms with van der Waals surface area (Å²) in [5, 5.41) is 5.70. The van der Waals surface area contributed by atoms with E-state index in [-0.39, 0.29) is 11.6 Å². The molecule has 2 heterocycles. The predicted octanol–water partition coefficient (Wildman–Crippen LogP) is 3.30. The predicted molar refractivity (Wildman–Crippen MR) is 114 cm³/mol. The zero-order chi connectivity index (χ0) is 20.9. The van der Waals surface area contributed by atoms with Crippen LogP contribution in [0.25, 0.3) is 11.4 Å². The molecule has 8 nitrogen and oxygen atoms in total. The number of aromatic nitrogens is 2. The van der Waals surface area contributed by atoms with Gasteiger partial charge in [-0.3, -0.25) is 0 Å². The van der Waals surface area contributed by atoms with Gasteiger partial charge in [0.1, 0.15) is 0 Å². The fourth-order valence-corrected chi connectivity index (χ4v) is 2.97. The van der Waals surface area contributed by atoms with Crippen molar-refractivity contribution in [3.8, 4) is 17.1 Å². The summed E-state index contributed by atoms with van der Waals surface area (Å²) < 4.78 is 11.2. The number of amides is 2. The van der Waals surface area contributed by atoms with Crippen molar-refractivity contribution >= 4 is 17.5 Å². The fourth-order valence-electron chi connectivity index (χ4n) is 2.97. The van der Waals surface area contributed by atoms with Crippen LogP contribution in [-0.4, -0.2) is 54.4 Å². The van der Waals surface area contributed by atoms with Crippen LogP contribution in [0, 0.1) is 0 Å². The van der Waals surface area contributed by atoms with Gasteiger partial charge in [0.15, 0.2) is 17.4 Å². The summed E-state index contributed by atoms with van der Waals surface area (Å²) in [5.74, 6) is 2.07. The lowest BCUT2D eigenvalue weighted by atomic mass is 10.1. The van der Waals surface area contributed by atoms with Gasteiger partial charge in [0.05, 0.1) is 26.0 Å². The highest BCUT2D eigenvalue weighted by Crippen LogP contribution is 2.29. The Morgan fingerprint density at radius 2 is 1.90 bits per heavy atom. The molecule has 2 aromatic rings. The number of hydrogen-bond donors (Lipinski definition) is 2. The van der Waals surface area contributed by atoms with Crippen LogP contribution in [0.2, 0.25) is 0 Å². The lowest BCUT2D eigenvalue weighted by molar-refractivity contribution is 0.122. The van der Waals surface area contributed by atoms with E-state index in [0.29, 0.717) is 37.1 Å². The van der Waals surface area contributed by atoms with Crippen molar-refractivity contribution < 1.29 is 14.3 Å². The van der Waals surface area contributed by atoms with Gasteiger partial charge in [0.25, 0.3) is 0 Å². The summed E-state index contributed by atoms with van der Waals surface area (Å²) in [6, 6.07) is 7.23. The van der Waals surface area contributed by atoms with E-state index >= 15 is 0 Å². The quantitative estimate of drug-likeness (QED) is 0.802. The lowest BCUT2D eigenvalue weighted by Gasteiger charge is -2.29. The van der Waals surface area contributed by atoms with Gasteiger partial charge < -0.3 is 25.0 Å². The first-order valence-electron chi connectivity index (χ1n) is 9.88. The van der Waals surface area contributed by atoms with Crippen molar-refractivity contribution in [2.24, 2.45) is 0 Å². The van der Waals surface area contributed by atoms with Gasteiger partial charge in [0, 0.05) is 29.9 Å². The molecule has 1 aromatic carbocycles. The van der Waals surface area contributed by atoms with Crippen molar-refractivity contribution in [3.05, 3.63) is 30.5 Å². The van der Waals surface area contributed by atoms with E-state index in [1.807, 2.05) is 52.0 Å². The average molecular weight is 399 g/mol. The zero-order valence-corrected chi connectivity index (χ0v) is 17.5. The molecule has 1 aliphatic heterocycles. The average Bonchev–Trinajstić information content (AvgIpc) is 2.68. The van der Waals surface area contributed by atoms with Gasteiger partial charge in [-0.2, -0.15) is 0 Å². The van der Waals surface area contributed by atoms with Crippen molar-refractivity contribution in [2.45, 2.75) is 33.2 Å². The Morgan fingerprint density at radius 1 is 1.21 bits per heavy atom. The van der Waals surface area contributed by atoms with Crippen molar-refractivity contribution in [1.82, 2.24) is 15.3 Å². The van der Waals surface area contributed by atoms with E-state index in [9.17, 15) is 4.79 Å². The van der Waals surface area contributed by atoms with Crippen LogP contribution in [0.3, 0.4) is 0 Å². The van der Waals surface area contributed by atoms with Gasteiger partial charge in [-0.1, -0.05) is 0 Å². The highest BCUT2D eigenvalue weighted by atomic mass is 16.5. The minimum absolute atomic E-state index is 0.239. The number of rotatable bonds is 5. The van der Waals surface area contributed by atoms with E-state index in [1.165, 1.54) is 0 Å². The van der Waals surface area contributed by atoms with Gasteiger partial charge in [0.2, 0.25) is 0 Å². The first-order chi connectivity index (χ1) is 13.9. The second-order valence-electron chi connectivity index (χ2n) is 7.82. The minimum Gasteiger partial charge on any atom is -0.488 e. The summed E-state index contributed by atoms with van der Waals surface area (Å²) in [5.41, 5.74) is 1.27. The molecule has 0 saturated carbocycles. The Bertz CT molecular complexity index is 827. The Morgan fingerprint density at radius 3 is 2.52 bits per heavy atom. The molecule has 0 radical (unpaired) electrons. The Hall–Kier alpha value is -2.87. The number of carbonyl (C=O) groups is 1. The molecular formula is C21H29N5O3. The van der Waals surface area contributed by atoms with Crippen molar-refractivity contribution in [2.75, 3.05) is 43.1 Å². The standard InChI is InChI=1S/C21H29N5O3/c1-5-29-17-14-22-18(24-19(17)26-10-12-28-13-11-26)15-6-8-16(9-7-15)23-20(27)25-21(2,3)4/h6-9,14H,5,10-13H2,1-4H3,(H2,23,25,27). The molecule has 29 heavy (non-hydrogen) atoms. The topological polar surface area (TPSA) is 88.6 Å². The molecule has 0 atom stereocenters. The van der Waals surface area contributed by atoms with E-state index in [0.717, 1.165) is 24.5 Å². The summed E-state index contributed by atoms with van der Waals surface area (Å²) in [4.78, 5) is 23.4. The number of nitrogens with zero attached hydrogens (tertiary/aromatic N) is 3. The molecule has 1 saturated heterocycles. The highest BCUT2D eigenvalue weighted by molar-refractivity contribution is 5.89. The Labute approximate surface area is 171 Å². The number of carbonyl (C=O) groups excluding carboxylic acids is 1. The molecule has 0 bridgehead atoms. The maximum atomic E-state index is 12.0. The first-order valence-corrected chi connectivity index (χ1v) is 9.88. The summed E-state index contributed by atoms with van der Waals surface area (Å²) >= 11 is 0. The van der Waals surface area contributed by atoms with E-state index in [2.05, 4.69) is 20.5 Å². The zero-order valence-electron chi connectivity index (χ0n) is 17.5.